The molecule has 0 spiro atoms. The fourth-order valence-electron chi connectivity index (χ4n) is 0.566. The van der Waals surface area contributed by atoms with Gasteiger partial charge >= 0.3 is 0 Å². The van der Waals surface area contributed by atoms with Gasteiger partial charge in [-0.15, -0.1) is 11.3 Å². The van der Waals surface area contributed by atoms with Crippen molar-refractivity contribution in [2.24, 2.45) is 0 Å². The average molecular weight is 243 g/mol. The quantitative estimate of drug-likeness (QED) is 0.748. The second kappa shape index (κ2) is 3.79. The van der Waals surface area contributed by atoms with Crippen LogP contribution in [-0.2, 0) is 9.05 Å². The van der Waals surface area contributed by atoms with E-state index in [0.29, 0.717) is 4.34 Å². The van der Waals surface area contributed by atoms with E-state index in [-0.39, 0.29) is 0 Å². The molecule has 0 aliphatic heterocycles. The molecule has 0 aliphatic carbocycles. The Labute approximate surface area is 83.8 Å². The summed E-state index contributed by atoms with van der Waals surface area (Å²) in [6, 6.07) is 3.40. The van der Waals surface area contributed by atoms with Crippen LogP contribution < -0.4 is 0 Å². The molecule has 1 aromatic rings. The number of halogens is 2. The summed E-state index contributed by atoms with van der Waals surface area (Å²) in [6.07, 6.45) is 1.40. The predicted octanol–water partition coefficient (Wildman–Crippen LogP) is 2.94. The van der Waals surface area contributed by atoms with Crippen molar-refractivity contribution < 1.29 is 8.42 Å². The molecular formula is C6H4Cl2O2S2. The molecule has 0 saturated heterocycles. The molecule has 0 N–H and O–H groups in total. The molecule has 1 aromatic heterocycles. The first-order chi connectivity index (χ1) is 5.47. The van der Waals surface area contributed by atoms with Gasteiger partial charge in [0, 0.05) is 21.0 Å². The minimum Gasteiger partial charge on any atom is -0.208 e. The second-order valence-electron chi connectivity index (χ2n) is 1.92. The van der Waals surface area contributed by atoms with Crippen molar-refractivity contribution >= 4 is 48.7 Å². The van der Waals surface area contributed by atoms with Gasteiger partial charge in [-0.25, -0.2) is 8.42 Å². The molecule has 0 radical (unpaired) electrons. The summed E-state index contributed by atoms with van der Waals surface area (Å²) in [4.78, 5) is 0.754. The van der Waals surface area contributed by atoms with E-state index in [1.54, 1.807) is 12.1 Å². The van der Waals surface area contributed by atoms with E-state index in [1.807, 2.05) is 0 Å². The van der Waals surface area contributed by atoms with Gasteiger partial charge in [-0.05, 0) is 18.2 Å². The van der Waals surface area contributed by atoms with Crippen LogP contribution in [0.15, 0.2) is 17.5 Å². The SMILES string of the molecule is O=S(=O)(Cl)/C=C\c1ccc(Cl)s1. The first kappa shape index (κ1) is 10.1. The summed E-state index contributed by atoms with van der Waals surface area (Å²) in [6.45, 7) is 0. The Kier molecular flexibility index (Phi) is 3.17. The van der Waals surface area contributed by atoms with Crippen LogP contribution in [0, 0.1) is 0 Å². The highest BCUT2D eigenvalue weighted by molar-refractivity contribution is 8.16. The summed E-state index contributed by atoms with van der Waals surface area (Å²) in [5.74, 6) is 0. The zero-order valence-corrected chi connectivity index (χ0v) is 8.84. The van der Waals surface area contributed by atoms with Gasteiger partial charge in [-0.3, -0.25) is 0 Å². The van der Waals surface area contributed by atoms with Crippen molar-refractivity contribution in [2.75, 3.05) is 0 Å². The summed E-state index contributed by atoms with van der Waals surface area (Å²) >= 11 is 6.90. The first-order valence-corrected chi connectivity index (χ1v) is 6.42. The molecule has 0 amide bonds. The molecule has 12 heavy (non-hydrogen) atoms. The Hall–Kier alpha value is -0.0300. The summed E-state index contributed by atoms with van der Waals surface area (Å²) in [7, 11) is 1.39. The number of hydrogen-bond donors (Lipinski definition) is 0. The van der Waals surface area contributed by atoms with E-state index >= 15 is 0 Å². The van der Waals surface area contributed by atoms with Gasteiger partial charge in [0.15, 0.2) is 0 Å². The normalized spacial score (nSPS) is 12.5. The van der Waals surface area contributed by atoms with E-state index in [1.165, 1.54) is 17.4 Å². The molecular weight excluding hydrogens is 239 g/mol. The molecule has 0 aromatic carbocycles. The van der Waals surface area contributed by atoms with E-state index in [0.717, 1.165) is 10.3 Å². The van der Waals surface area contributed by atoms with Crippen LogP contribution in [0.25, 0.3) is 6.08 Å². The lowest BCUT2D eigenvalue weighted by Gasteiger charge is -1.81. The molecule has 0 bridgehead atoms. The van der Waals surface area contributed by atoms with E-state index < -0.39 is 9.05 Å². The zero-order chi connectivity index (χ0) is 9.19. The van der Waals surface area contributed by atoms with Crippen molar-refractivity contribution in [1.82, 2.24) is 0 Å². The molecule has 66 valence electrons. The lowest BCUT2D eigenvalue weighted by Crippen LogP contribution is -1.77. The van der Waals surface area contributed by atoms with Crippen molar-refractivity contribution in [2.45, 2.75) is 0 Å². The minimum atomic E-state index is -3.56. The molecule has 0 aliphatic rings. The topological polar surface area (TPSA) is 34.1 Å². The van der Waals surface area contributed by atoms with Gasteiger partial charge in [0.25, 0.3) is 9.05 Å². The number of rotatable bonds is 2. The van der Waals surface area contributed by atoms with Crippen molar-refractivity contribution in [3.8, 4) is 0 Å². The summed E-state index contributed by atoms with van der Waals surface area (Å²) < 4.78 is 21.5. The van der Waals surface area contributed by atoms with Crippen LogP contribution in [-0.4, -0.2) is 8.42 Å². The Morgan fingerprint density at radius 1 is 1.42 bits per heavy atom. The number of thiophene rings is 1. The monoisotopic (exact) mass is 242 g/mol. The first-order valence-electron chi connectivity index (χ1n) is 2.85. The van der Waals surface area contributed by atoms with Crippen molar-refractivity contribution in [1.29, 1.82) is 0 Å². The molecule has 1 rings (SSSR count). The molecule has 0 fully saturated rings. The standard InChI is InChI=1S/C6H4Cl2O2S2/c7-6-2-1-5(11-6)3-4-12(8,9)10/h1-4H/b4-3-. The third-order valence-electron chi connectivity index (χ3n) is 0.989. The Morgan fingerprint density at radius 2 is 2.08 bits per heavy atom. The van der Waals surface area contributed by atoms with Crippen LogP contribution in [0.2, 0.25) is 4.34 Å². The van der Waals surface area contributed by atoms with Gasteiger partial charge in [-0.2, -0.15) is 0 Å². The molecule has 2 nitrogen and oxygen atoms in total. The zero-order valence-electron chi connectivity index (χ0n) is 5.70. The third kappa shape index (κ3) is 3.58. The molecule has 1 heterocycles. The maximum absolute atomic E-state index is 10.5. The Morgan fingerprint density at radius 3 is 2.50 bits per heavy atom. The van der Waals surface area contributed by atoms with E-state index in [4.69, 9.17) is 22.3 Å². The van der Waals surface area contributed by atoms with Gasteiger partial charge in [-0.1, -0.05) is 11.6 Å². The maximum atomic E-state index is 10.5. The van der Waals surface area contributed by atoms with Gasteiger partial charge in [0.1, 0.15) is 0 Å². The lowest BCUT2D eigenvalue weighted by atomic mass is 10.5. The fourth-order valence-corrected chi connectivity index (χ4v) is 2.08. The van der Waals surface area contributed by atoms with Gasteiger partial charge in [0.2, 0.25) is 0 Å². The molecule has 0 saturated carbocycles. The molecule has 6 heteroatoms. The summed E-state index contributed by atoms with van der Waals surface area (Å²) in [5.41, 5.74) is 0. The average Bonchev–Trinajstić information content (AvgIpc) is 2.30. The summed E-state index contributed by atoms with van der Waals surface area (Å²) in [5, 5.41) is 0.927. The Bertz CT molecular complexity index is 391. The third-order valence-corrected chi connectivity index (χ3v) is 2.96. The van der Waals surface area contributed by atoms with Gasteiger partial charge in [0.05, 0.1) is 4.34 Å². The molecule has 0 atom stereocenters. The van der Waals surface area contributed by atoms with Crippen LogP contribution in [0.3, 0.4) is 0 Å². The number of hydrogen-bond acceptors (Lipinski definition) is 3. The second-order valence-corrected chi connectivity index (χ2v) is 6.18. The van der Waals surface area contributed by atoms with Gasteiger partial charge < -0.3 is 0 Å². The van der Waals surface area contributed by atoms with Crippen molar-refractivity contribution in [3.63, 3.8) is 0 Å². The van der Waals surface area contributed by atoms with E-state index in [2.05, 4.69) is 0 Å². The maximum Gasteiger partial charge on any atom is 0.254 e. The van der Waals surface area contributed by atoms with Crippen LogP contribution in [0.4, 0.5) is 0 Å². The predicted molar refractivity (Wildman–Crippen MR) is 53.1 cm³/mol. The Balaban J connectivity index is 2.84. The van der Waals surface area contributed by atoms with Crippen LogP contribution >= 0.6 is 33.6 Å². The van der Waals surface area contributed by atoms with Crippen LogP contribution in [0.1, 0.15) is 4.88 Å². The highest BCUT2D eigenvalue weighted by Gasteiger charge is 1.98. The molecule has 0 unspecified atom stereocenters. The van der Waals surface area contributed by atoms with Crippen LogP contribution in [0.5, 0.6) is 0 Å². The minimum absolute atomic E-state index is 0.613. The fraction of sp³-hybridized carbons (Fsp3) is 0. The highest BCUT2D eigenvalue weighted by Crippen LogP contribution is 2.22. The smallest absolute Gasteiger partial charge is 0.208 e. The van der Waals surface area contributed by atoms with E-state index in [9.17, 15) is 8.42 Å². The highest BCUT2D eigenvalue weighted by atomic mass is 35.7. The largest absolute Gasteiger partial charge is 0.254 e. The van der Waals surface area contributed by atoms with Crippen molar-refractivity contribution in [3.05, 3.63) is 26.8 Å². The lowest BCUT2D eigenvalue weighted by molar-refractivity contribution is 0.617.